The van der Waals surface area contributed by atoms with Crippen molar-refractivity contribution < 1.29 is 57.7 Å². The van der Waals surface area contributed by atoms with Gasteiger partial charge in [-0.05, 0) is 0 Å². The minimum Gasteiger partial charge on any atom is -1.00 e. The first-order chi connectivity index (χ1) is 21.4. The van der Waals surface area contributed by atoms with Gasteiger partial charge in [-0.25, -0.2) is 0 Å². The molecule has 1 aliphatic rings. The molecule has 4 aromatic rings. The molecule has 4 aromatic carbocycles. The molecule has 0 amide bonds. The van der Waals surface area contributed by atoms with Crippen LogP contribution in [0.3, 0.4) is 0 Å². The summed E-state index contributed by atoms with van der Waals surface area (Å²) in [6, 6.07) is 34.1. The maximum Gasteiger partial charge on any atom is -1.00 e. The molecule has 0 spiro atoms. The van der Waals surface area contributed by atoms with Crippen molar-refractivity contribution in [3.05, 3.63) is 145 Å². The number of rotatable bonds is 12. The quantitative estimate of drug-likeness (QED) is 0.136. The van der Waals surface area contributed by atoms with E-state index in [1.807, 2.05) is 0 Å². The molecule has 0 aromatic heterocycles. The zero-order valence-corrected chi connectivity index (χ0v) is 33.8. The molecule has 0 N–H and O–H groups in total. The summed E-state index contributed by atoms with van der Waals surface area (Å²) in [4.78, 5) is 0. The van der Waals surface area contributed by atoms with E-state index in [0.29, 0.717) is 0 Å². The third kappa shape index (κ3) is 8.67. The average Bonchev–Trinajstić information content (AvgIpc) is 3.43. The van der Waals surface area contributed by atoms with E-state index in [9.17, 15) is 0 Å². The van der Waals surface area contributed by atoms with Crippen LogP contribution in [0, 0.1) is 0 Å². The fourth-order valence-electron chi connectivity index (χ4n) is 7.12. The van der Waals surface area contributed by atoms with Gasteiger partial charge in [0, 0.05) is 0 Å². The Labute approximate surface area is 316 Å². The normalized spacial score (nSPS) is 12.6. The van der Waals surface area contributed by atoms with Crippen LogP contribution in [0.1, 0.15) is 86.9 Å². The van der Waals surface area contributed by atoms with Crippen LogP contribution in [0.25, 0.3) is 0 Å². The Balaban J connectivity index is 0.00000256. The van der Waals surface area contributed by atoms with Crippen LogP contribution >= 0.6 is 0 Å². The van der Waals surface area contributed by atoms with Crippen molar-refractivity contribution in [3.8, 4) is 0 Å². The first-order valence-electron chi connectivity index (χ1n) is 17.0. The van der Waals surface area contributed by atoms with Crippen molar-refractivity contribution in [2.45, 2.75) is 92.9 Å². The molecule has 0 saturated heterocycles. The number of hydrogen-bond acceptors (Lipinski definition) is 0. The predicted molar refractivity (Wildman–Crippen MR) is 190 cm³/mol. The van der Waals surface area contributed by atoms with E-state index in [2.05, 4.69) is 153 Å². The monoisotopic (exact) mass is 734 g/mol. The van der Waals surface area contributed by atoms with Crippen LogP contribution in [0.2, 0.25) is 0 Å². The van der Waals surface area contributed by atoms with Gasteiger partial charge < -0.3 is 37.2 Å². The number of allylic oxidation sites excluding steroid dienone is 4. The van der Waals surface area contributed by atoms with Gasteiger partial charge in [0.2, 0.25) is 0 Å². The summed E-state index contributed by atoms with van der Waals surface area (Å²) < 4.78 is 1.53. The van der Waals surface area contributed by atoms with E-state index < -0.39 is 8.07 Å². The Kier molecular flexibility index (Phi) is 16.5. The first-order valence-corrected chi connectivity index (χ1v) is 19.8. The van der Waals surface area contributed by atoms with E-state index >= 15 is 0 Å². The van der Waals surface area contributed by atoms with Crippen LogP contribution in [0.5, 0.6) is 0 Å². The van der Waals surface area contributed by atoms with E-state index in [4.69, 9.17) is 0 Å². The zero-order valence-electron chi connectivity index (χ0n) is 29.0. The van der Waals surface area contributed by atoms with Crippen molar-refractivity contribution in [1.29, 1.82) is 0 Å². The van der Waals surface area contributed by atoms with Gasteiger partial charge in [-0.3, -0.25) is 0 Å². The molecule has 5 heteroatoms. The molecule has 5 rings (SSSR count). The fraction of sp³-hybridized carbons (Fsp3) is 0.333. The van der Waals surface area contributed by atoms with Crippen molar-refractivity contribution >= 4 is 23.6 Å². The summed E-state index contributed by atoms with van der Waals surface area (Å²) in [6.07, 6.45) is 11.0. The fourth-order valence-corrected chi connectivity index (χ4v) is 13.9. The number of benzene rings is 4. The molecule has 0 bridgehead atoms. The SMILES string of the molecule is CCc1cc(CC)cc([Si](C2=[C]([Ti+3])C(Cc3ccccc3)=CC2)(c2cc(CC)cc(CC)c2)c2cc(CC)cc(CC)c2)c1.[Cl-].[Cl-].[Cl-]. The third-order valence-corrected chi connectivity index (χ3v) is 16.0. The molecular weight excluding hydrogens is 687 g/mol. The first kappa shape index (κ1) is 41.3. The molecule has 246 valence electrons. The molecule has 1 aliphatic carbocycles. The van der Waals surface area contributed by atoms with Crippen molar-refractivity contribution in [2.24, 2.45) is 0 Å². The van der Waals surface area contributed by atoms with Gasteiger partial charge in [-0.15, -0.1) is 0 Å². The predicted octanol–water partition coefficient (Wildman–Crippen LogP) is -0.544. The van der Waals surface area contributed by atoms with Crippen LogP contribution in [0.4, 0.5) is 0 Å². The van der Waals surface area contributed by atoms with E-state index in [-0.39, 0.29) is 37.2 Å². The summed E-state index contributed by atoms with van der Waals surface area (Å²) in [5, 5.41) is 6.40. The van der Waals surface area contributed by atoms with Gasteiger partial charge in [0.05, 0.1) is 0 Å². The maximum atomic E-state index is 2.61. The largest absolute Gasteiger partial charge is 1.00 e. The molecule has 0 heterocycles. The van der Waals surface area contributed by atoms with E-state index in [1.54, 1.807) is 20.8 Å². The Hall–Kier alpha value is -1.84. The Morgan fingerprint density at radius 2 is 0.830 bits per heavy atom. The topological polar surface area (TPSA) is 0 Å². The van der Waals surface area contributed by atoms with Crippen LogP contribution in [0.15, 0.2) is 106 Å². The van der Waals surface area contributed by atoms with Gasteiger partial charge in [0.25, 0.3) is 0 Å². The van der Waals surface area contributed by atoms with E-state index in [0.717, 1.165) is 51.4 Å². The summed E-state index contributed by atoms with van der Waals surface area (Å²) >= 11 is 2.44. The van der Waals surface area contributed by atoms with Crippen molar-refractivity contribution in [2.75, 3.05) is 0 Å². The molecule has 0 unspecified atom stereocenters. The summed E-state index contributed by atoms with van der Waals surface area (Å²) in [5.74, 6) is 0. The molecule has 0 fully saturated rings. The van der Waals surface area contributed by atoms with Crippen LogP contribution in [-0.2, 0) is 65.4 Å². The third-order valence-electron chi connectivity index (χ3n) is 9.77. The minimum absolute atomic E-state index is 0. The minimum atomic E-state index is -2.67. The molecular formula is C42H49Cl3SiTi. The van der Waals surface area contributed by atoms with Gasteiger partial charge in [0.1, 0.15) is 0 Å². The second-order valence-corrected chi connectivity index (χ2v) is 17.1. The van der Waals surface area contributed by atoms with Crippen molar-refractivity contribution in [1.82, 2.24) is 0 Å². The molecule has 0 radical (unpaired) electrons. The summed E-state index contributed by atoms with van der Waals surface area (Å²) in [5.41, 5.74) is 11.7. The average molecular weight is 736 g/mol. The molecule has 0 atom stereocenters. The second-order valence-electron chi connectivity index (χ2n) is 12.4. The molecule has 47 heavy (non-hydrogen) atoms. The van der Waals surface area contributed by atoms with Gasteiger partial charge >= 0.3 is 282 Å². The van der Waals surface area contributed by atoms with Gasteiger partial charge in [-0.2, -0.15) is 0 Å². The van der Waals surface area contributed by atoms with Gasteiger partial charge in [0.15, 0.2) is 0 Å². The smallest absolute Gasteiger partial charge is 1.00 e. The van der Waals surface area contributed by atoms with E-state index in [1.165, 1.54) is 48.4 Å². The van der Waals surface area contributed by atoms with Gasteiger partial charge in [-0.1, -0.05) is 0 Å². The summed E-state index contributed by atoms with van der Waals surface area (Å²) in [7, 11) is -2.67. The second kappa shape index (κ2) is 18.8. The number of halogens is 3. The molecule has 0 nitrogen and oxygen atoms in total. The van der Waals surface area contributed by atoms with Crippen molar-refractivity contribution in [3.63, 3.8) is 0 Å². The number of hydrogen-bond donors (Lipinski definition) is 0. The Morgan fingerprint density at radius 3 is 1.15 bits per heavy atom. The van der Waals surface area contributed by atoms with Crippen LogP contribution in [-0.4, -0.2) is 8.07 Å². The summed E-state index contributed by atoms with van der Waals surface area (Å²) in [6.45, 7) is 13.9. The Morgan fingerprint density at radius 1 is 0.489 bits per heavy atom. The maximum absolute atomic E-state index is 2.67. The molecule has 0 saturated carbocycles. The molecule has 0 aliphatic heterocycles. The Bertz CT molecular complexity index is 1490. The standard InChI is InChI=1S/C42H49Si.3ClH.Ti/c1-7-31-20-32(8-2)25-40(24-31)43(41-26-33(9-3)21-34(10-4)27-41,42-28-35(11-5)22-36(12-6)29-42)39-19-18-38(30-39)23-37-16-14-13-15-17-37;;;;/h13-18,20-22,24-29H,7-12,19,23H2,1-6H3;3*1H;/q;;;;+3/p-3. The number of aryl methyl sites for hydroxylation is 6. The zero-order chi connectivity index (χ0) is 31.3. The van der Waals surface area contributed by atoms with Crippen LogP contribution < -0.4 is 52.8 Å².